The zero-order valence-electron chi connectivity index (χ0n) is 9.30. The predicted molar refractivity (Wildman–Crippen MR) is 58.9 cm³/mol. The van der Waals surface area contributed by atoms with Crippen LogP contribution in [0.3, 0.4) is 0 Å². The molecule has 1 fully saturated rings. The Morgan fingerprint density at radius 1 is 1.24 bits per heavy atom. The van der Waals surface area contributed by atoms with Gasteiger partial charge < -0.3 is 10.2 Å². The van der Waals surface area contributed by atoms with Gasteiger partial charge in [-0.25, -0.2) is 4.98 Å². The molecule has 0 unspecified atom stereocenters. The van der Waals surface area contributed by atoms with Crippen molar-refractivity contribution >= 4 is 5.82 Å². The van der Waals surface area contributed by atoms with E-state index >= 15 is 0 Å². The van der Waals surface area contributed by atoms with Crippen LogP contribution in [0.2, 0.25) is 0 Å². The minimum absolute atomic E-state index is 0.0451. The van der Waals surface area contributed by atoms with E-state index in [1.807, 2.05) is 0 Å². The first-order chi connectivity index (χ1) is 8.09. The highest BCUT2D eigenvalue weighted by molar-refractivity contribution is 5.48. The van der Waals surface area contributed by atoms with Gasteiger partial charge in [-0.2, -0.15) is 13.2 Å². The highest BCUT2D eigenvalue weighted by Gasteiger charge is 2.35. The number of anilines is 1. The molecule has 0 aliphatic carbocycles. The third kappa shape index (κ3) is 2.88. The monoisotopic (exact) mass is 245 g/mol. The van der Waals surface area contributed by atoms with Crippen molar-refractivity contribution in [2.45, 2.75) is 12.6 Å². The Labute approximate surface area is 97.6 Å². The lowest BCUT2D eigenvalue weighted by atomic mass is 10.2. The SMILES string of the molecule is FC(F)(F)c1cccnc1N1CCCNCC1. The van der Waals surface area contributed by atoms with Gasteiger partial charge in [-0.1, -0.05) is 0 Å². The van der Waals surface area contributed by atoms with Gasteiger partial charge in [0.25, 0.3) is 0 Å². The maximum atomic E-state index is 12.8. The summed E-state index contributed by atoms with van der Waals surface area (Å²) in [6.07, 6.45) is -2.11. The first-order valence-corrected chi connectivity index (χ1v) is 5.57. The van der Waals surface area contributed by atoms with Crippen LogP contribution in [-0.4, -0.2) is 31.2 Å². The molecule has 0 radical (unpaired) electrons. The van der Waals surface area contributed by atoms with Crippen LogP contribution in [0, 0.1) is 0 Å². The van der Waals surface area contributed by atoms with Crippen LogP contribution in [0.15, 0.2) is 18.3 Å². The second kappa shape index (κ2) is 4.91. The van der Waals surface area contributed by atoms with Crippen LogP contribution in [0.5, 0.6) is 0 Å². The van der Waals surface area contributed by atoms with E-state index in [-0.39, 0.29) is 5.82 Å². The lowest BCUT2D eigenvalue weighted by Gasteiger charge is -2.24. The number of nitrogens with zero attached hydrogens (tertiary/aromatic N) is 2. The molecule has 0 atom stereocenters. The van der Waals surface area contributed by atoms with Gasteiger partial charge in [-0.3, -0.25) is 0 Å². The summed E-state index contributed by atoms with van der Waals surface area (Å²) < 4.78 is 38.5. The summed E-state index contributed by atoms with van der Waals surface area (Å²) in [6, 6.07) is 2.41. The standard InChI is InChI=1S/C11H14F3N3/c12-11(13,14)9-3-1-5-16-10(9)17-7-2-4-15-6-8-17/h1,3,5,15H,2,4,6-8H2. The summed E-state index contributed by atoms with van der Waals surface area (Å²) in [7, 11) is 0. The second-order valence-electron chi connectivity index (χ2n) is 3.96. The van der Waals surface area contributed by atoms with Gasteiger partial charge in [0.2, 0.25) is 0 Å². The molecule has 1 aromatic rings. The van der Waals surface area contributed by atoms with Gasteiger partial charge in [0.05, 0.1) is 5.56 Å². The Hall–Kier alpha value is -1.30. The van der Waals surface area contributed by atoms with Gasteiger partial charge >= 0.3 is 6.18 Å². The third-order valence-corrected chi connectivity index (χ3v) is 2.73. The molecule has 0 amide bonds. The minimum Gasteiger partial charge on any atom is -0.355 e. The lowest BCUT2D eigenvalue weighted by Crippen LogP contribution is -2.30. The molecule has 1 aliphatic rings. The van der Waals surface area contributed by atoms with Crippen molar-refractivity contribution in [1.82, 2.24) is 10.3 Å². The average Bonchev–Trinajstić information content (AvgIpc) is 2.56. The topological polar surface area (TPSA) is 28.2 Å². The van der Waals surface area contributed by atoms with Gasteiger partial charge in [0.1, 0.15) is 5.82 Å². The van der Waals surface area contributed by atoms with Gasteiger partial charge in [0, 0.05) is 25.8 Å². The van der Waals surface area contributed by atoms with E-state index in [0.29, 0.717) is 19.6 Å². The molecule has 2 heterocycles. The first-order valence-electron chi connectivity index (χ1n) is 5.57. The largest absolute Gasteiger partial charge is 0.419 e. The summed E-state index contributed by atoms with van der Waals surface area (Å²) in [5.74, 6) is 0.0451. The Balaban J connectivity index is 2.30. The fourth-order valence-electron chi connectivity index (χ4n) is 1.93. The summed E-state index contributed by atoms with van der Waals surface area (Å²) in [5, 5.41) is 3.15. The average molecular weight is 245 g/mol. The van der Waals surface area contributed by atoms with Crippen molar-refractivity contribution < 1.29 is 13.2 Å². The minimum atomic E-state index is -4.34. The summed E-state index contributed by atoms with van der Waals surface area (Å²) in [6.45, 7) is 2.69. The Kier molecular flexibility index (Phi) is 3.51. The van der Waals surface area contributed by atoms with E-state index < -0.39 is 11.7 Å². The van der Waals surface area contributed by atoms with Crippen molar-refractivity contribution in [3.63, 3.8) is 0 Å². The number of hydrogen-bond acceptors (Lipinski definition) is 3. The van der Waals surface area contributed by atoms with E-state index in [1.54, 1.807) is 4.90 Å². The van der Waals surface area contributed by atoms with Gasteiger partial charge in [0.15, 0.2) is 0 Å². The Morgan fingerprint density at radius 2 is 2.06 bits per heavy atom. The number of halogens is 3. The molecule has 2 rings (SSSR count). The Bertz CT molecular complexity index is 370. The van der Waals surface area contributed by atoms with E-state index in [0.717, 1.165) is 19.0 Å². The summed E-state index contributed by atoms with van der Waals surface area (Å²) >= 11 is 0. The van der Waals surface area contributed by atoms with Crippen molar-refractivity contribution in [3.05, 3.63) is 23.9 Å². The van der Waals surface area contributed by atoms with Crippen molar-refractivity contribution in [2.24, 2.45) is 0 Å². The number of alkyl halides is 3. The number of hydrogen-bond donors (Lipinski definition) is 1. The van der Waals surface area contributed by atoms with Crippen molar-refractivity contribution in [3.8, 4) is 0 Å². The molecule has 17 heavy (non-hydrogen) atoms. The zero-order chi connectivity index (χ0) is 12.3. The van der Waals surface area contributed by atoms with E-state index in [2.05, 4.69) is 10.3 Å². The third-order valence-electron chi connectivity index (χ3n) is 2.73. The highest BCUT2D eigenvalue weighted by Crippen LogP contribution is 2.35. The van der Waals surface area contributed by atoms with Crippen LogP contribution in [-0.2, 0) is 6.18 Å². The molecule has 1 N–H and O–H groups in total. The van der Waals surface area contributed by atoms with E-state index in [4.69, 9.17) is 0 Å². The van der Waals surface area contributed by atoms with Crippen molar-refractivity contribution in [2.75, 3.05) is 31.1 Å². The molecule has 1 saturated heterocycles. The molecule has 0 spiro atoms. The Morgan fingerprint density at radius 3 is 2.82 bits per heavy atom. The molecular weight excluding hydrogens is 231 g/mol. The quantitative estimate of drug-likeness (QED) is 0.819. The molecule has 1 aromatic heterocycles. The maximum Gasteiger partial charge on any atom is 0.419 e. The van der Waals surface area contributed by atoms with Crippen LogP contribution in [0.4, 0.5) is 19.0 Å². The molecule has 0 saturated carbocycles. The highest BCUT2D eigenvalue weighted by atomic mass is 19.4. The number of rotatable bonds is 1. The number of aromatic nitrogens is 1. The second-order valence-corrected chi connectivity index (χ2v) is 3.96. The molecule has 0 aromatic carbocycles. The molecular formula is C11H14F3N3. The molecule has 6 heteroatoms. The van der Waals surface area contributed by atoms with Gasteiger partial charge in [-0.15, -0.1) is 0 Å². The van der Waals surface area contributed by atoms with E-state index in [1.165, 1.54) is 12.3 Å². The molecule has 0 bridgehead atoms. The fraction of sp³-hybridized carbons (Fsp3) is 0.545. The van der Waals surface area contributed by atoms with Crippen LogP contribution >= 0.6 is 0 Å². The zero-order valence-corrected chi connectivity index (χ0v) is 9.30. The van der Waals surface area contributed by atoms with Crippen LogP contribution in [0.25, 0.3) is 0 Å². The van der Waals surface area contributed by atoms with Crippen LogP contribution < -0.4 is 10.2 Å². The van der Waals surface area contributed by atoms with Gasteiger partial charge in [-0.05, 0) is 25.1 Å². The normalized spacial score (nSPS) is 17.9. The number of nitrogens with one attached hydrogen (secondary N) is 1. The predicted octanol–water partition coefficient (Wildman–Crippen LogP) is 1.90. The molecule has 94 valence electrons. The van der Waals surface area contributed by atoms with Crippen LogP contribution in [0.1, 0.15) is 12.0 Å². The lowest BCUT2D eigenvalue weighted by molar-refractivity contribution is -0.137. The molecule has 3 nitrogen and oxygen atoms in total. The summed E-state index contributed by atoms with van der Waals surface area (Å²) in [4.78, 5) is 5.59. The fourth-order valence-corrected chi connectivity index (χ4v) is 1.93. The smallest absolute Gasteiger partial charge is 0.355 e. The first kappa shape index (κ1) is 12.2. The number of pyridine rings is 1. The summed E-state index contributed by atoms with van der Waals surface area (Å²) in [5.41, 5.74) is -0.651. The maximum absolute atomic E-state index is 12.8. The van der Waals surface area contributed by atoms with Crippen molar-refractivity contribution in [1.29, 1.82) is 0 Å². The molecule has 1 aliphatic heterocycles. The van der Waals surface area contributed by atoms with E-state index in [9.17, 15) is 13.2 Å².